The number of nitrogens with one attached hydrogen (secondary N) is 1. The highest BCUT2D eigenvalue weighted by atomic mass is 127. The van der Waals surface area contributed by atoms with Gasteiger partial charge in [-0.25, -0.2) is 4.68 Å². The predicted octanol–water partition coefficient (Wildman–Crippen LogP) is 4.77. The van der Waals surface area contributed by atoms with Crippen LogP contribution in [0.5, 0.6) is 5.75 Å². The number of nitrogens with zero attached hydrogens (tertiary/aromatic N) is 2. The van der Waals surface area contributed by atoms with Gasteiger partial charge < -0.3 is 10.1 Å². The molecule has 0 atom stereocenters. The third-order valence-corrected chi connectivity index (χ3v) is 5.09. The van der Waals surface area contributed by atoms with Gasteiger partial charge in [0, 0.05) is 26.3 Å². The lowest BCUT2D eigenvalue weighted by Crippen LogP contribution is -2.04. The number of methoxy groups -OCH3 is 1. The Morgan fingerprint density at radius 3 is 2.75 bits per heavy atom. The highest BCUT2D eigenvalue weighted by Crippen LogP contribution is 2.39. The third kappa shape index (κ3) is 2.65. The topological polar surface area (TPSA) is 39.1 Å². The molecule has 1 aliphatic rings. The standard InChI is InChI=1S/C18H15ClIN3O/c1-24-16-7-2-11(19)10-15(16)17-14-8-9-21-18(14)23(22-17)13-5-3-12(20)4-6-13/h2-7,10,21H,8-9H2,1H3. The molecule has 4 nitrogen and oxygen atoms in total. The van der Waals surface area contributed by atoms with Gasteiger partial charge in [0.05, 0.1) is 12.8 Å². The van der Waals surface area contributed by atoms with Crippen LogP contribution < -0.4 is 10.1 Å². The Labute approximate surface area is 158 Å². The number of hydrogen-bond acceptors (Lipinski definition) is 3. The van der Waals surface area contributed by atoms with E-state index in [2.05, 4.69) is 52.2 Å². The van der Waals surface area contributed by atoms with E-state index in [9.17, 15) is 0 Å². The number of benzene rings is 2. The van der Waals surface area contributed by atoms with Crippen LogP contribution in [0.3, 0.4) is 0 Å². The molecule has 0 fully saturated rings. The first-order valence-electron chi connectivity index (χ1n) is 7.63. The van der Waals surface area contributed by atoms with Gasteiger partial charge in [-0.15, -0.1) is 0 Å². The van der Waals surface area contributed by atoms with Crippen LogP contribution in [0.25, 0.3) is 16.9 Å². The first kappa shape index (κ1) is 15.8. The molecule has 1 aromatic heterocycles. The zero-order chi connectivity index (χ0) is 16.7. The van der Waals surface area contributed by atoms with Crippen molar-refractivity contribution in [1.29, 1.82) is 0 Å². The summed E-state index contributed by atoms with van der Waals surface area (Å²) in [6.07, 6.45) is 0.935. The Balaban J connectivity index is 1.91. The summed E-state index contributed by atoms with van der Waals surface area (Å²) in [5, 5.41) is 8.99. The van der Waals surface area contributed by atoms with E-state index in [-0.39, 0.29) is 0 Å². The Morgan fingerprint density at radius 1 is 1.21 bits per heavy atom. The van der Waals surface area contributed by atoms with Gasteiger partial charge in [0.2, 0.25) is 0 Å². The van der Waals surface area contributed by atoms with E-state index in [0.717, 1.165) is 41.5 Å². The molecule has 2 aromatic carbocycles. The number of rotatable bonds is 3. The van der Waals surface area contributed by atoms with E-state index in [0.29, 0.717) is 5.02 Å². The van der Waals surface area contributed by atoms with Crippen molar-refractivity contribution in [2.24, 2.45) is 0 Å². The van der Waals surface area contributed by atoms with Crippen molar-refractivity contribution in [3.05, 3.63) is 56.6 Å². The molecule has 122 valence electrons. The fraction of sp³-hybridized carbons (Fsp3) is 0.167. The Hall–Kier alpha value is -1.73. The fourth-order valence-electron chi connectivity index (χ4n) is 3.03. The van der Waals surface area contributed by atoms with Crippen LogP contribution >= 0.6 is 34.2 Å². The van der Waals surface area contributed by atoms with Gasteiger partial charge in [0.1, 0.15) is 17.3 Å². The molecular weight excluding hydrogens is 437 g/mol. The minimum Gasteiger partial charge on any atom is -0.496 e. The minimum absolute atomic E-state index is 0.675. The average molecular weight is 452 g/mol. The van der Waals surface area contributed by atoms with Crippen molar-refractivity contribution in [2.45, 2.75) is 6.42 Å². The smallest absolute Gasteiger partial charge is 0.133 e. The second-order valence-corrected chi connectivity index (χ2v) is 7.27. The molecule has 0 saturated carbocycles. The number of hydrogen-bond donors (Lipinski definition) is 1. The van der Waals surface area contributed by atoms with E-state index >= 15 is 0 Å². The molecule has 6 heteroatoms. The molecule has 0 radical (unpaired) electrons. The molecule has 1 N–H and O–H groups in total. The van der Waals surface area contributed by atoms with Gasteiger partial charge in [0.15, 0.2) is 0 Å². The molecule has 0 aliphatic carbocycles. The number of fused-ring (bicyclic) bond motifs is 1. The summed E-state index contributed by atoms with van der Waals surface area (Å²) in [4.78, 5) is 0. The summed E-state index contributed by atoms with van der Waals surface area (Å²) < 4.78 is 8.68. The highest BCUT2D eigenvalue weighted by molar-refractivity contribution is 14.1. The van der Waals surface area contributed by atoms with E-state index in [1.54, 1.807) is 7.11 Å². The van der Waals surface area contributed by atoms with E-state index in [1.807, 2.05) is 22.9 Å². The number of ether oxygens (including phenoxy) is 1. The summed E-state index contributed by atoms with van der Waals surface area (Å²) >= 11 is 8.51. The van der Waals surface area contributed by atoms with Crippen molar-refractivity contribution >= 4 is 40.0 Å². The van der Waals surface area contributed by atoms with Crippen LogP contribution in [-0.2, 0) is 6.42 Å². The van der Waals surface area contributed by atoms with Gasteiger partial charge in [-0.1, -0.05) is 11.6 Å². The first-order valence-corrected chi connectivity index (χ1v) is 9.08. The van der Waals surface area contributed by atoms with Crippen LogP contribution in [0.1, 0.15) is 5.56 Å². The molecule has 0 spiro atoms. The molecule has 2 heterocycles. The van der Waals surface area contributed by atoms with E-state index in [1.165, 1.54) is 9.13 Å². The molecule has 0 unspecified atom stereocenters. The summed E-state index contributed by atoms with van der Waals surface area (Å²) in [6, 6.07) is 14.0. The monoisotopic (exact) mass is 451 g/mol. The third-order valence-electron chi connectivity index (χ3n) is 4.14. The van der Waals surface area contributed by atoms with E-state index < -0.39 is 0 Å². The zero-order valence-corrected chi connectivity index (χ0v) is 15.9. The van der Waals surface area contributed by atoms with E-state index in [4.69, 9.17) is 21.4 Å². The lowest BCUT2D eigenvalue weighted by Gasteiger charge is -2.08. The summed E-state index contributed by atoms with van der Waals surface area (Å²) in [7, 11) is 1.67. The Morgan fingerprint density at radius 2 is 2.00 bits per heavy atom. The molecular formula is C18H15ClIN3O. The van der Waals surface area contributed by atoms with Crippen LogP contribution in [0.2, 0.25) is 5.02 Å². The quantitative estimate of drug-likeness (QED) is 0.583. The Bertz CT molecular complexity index is 905. The van der Waals surface area contributed by atoms with Gasteiger partial charge in [-0.3, -0.25) is 0 Å². The van der Waals surface area contributed by atoms with Gasteiger partial charge >= 0.3 is 0 Å². The Kier molecular flexibility index (Phi) is 4.14. The maximum Gasteiger partial charge on any atom is 0.133 e. The van der Waals surface area contributed by atoms with Crippen molar-refractivity contribution in [3.63, 3.8) is 0 Å². The minimum atomic E-state index is 0.675. The van der Waals surface area contributed by atoms with Gasteiger partial charge in [0.25, 0.3) is 0 Å². The second kappa shape index (κ2) is 6.29. The summed E-state index contributed by atoms with van der Waals surface area (Å²) in [5.74, 6) is 1.83. The zero-order valence-electron chi connectivity index (χ0n) is 13.0. The molecule has 24 heavy (non-hydrogen) atoms. The number of aromatic nitrogens is 2. The molecule has 0 amide bonds. The predicted molar refractivity (Wildman–Crippen MR) is 105 cm³/mol. The molecule has 0 bridgehead atoms. The van der Waals surface area contributed by atoms with Gasteiger partial charge in [-0.2, -0.15) is 5.10 Å². The number of anilines is 1. The van der Waals surface area contributed by atoms with Crippen LogP contribution in [0, 0.1) is 3.57 Å². The van der Waals surface area contributed by atoms with Crippen molar-refractivity contribution in [1.82, 2.24) is 9.78 Å². The summed E-state index contributed by atoms with van der Waals surface area (Å²) in [6.45, 7) is 0.910. The van der Waals surface area contributed by atoms with Crippen molar-refractivity contribution < 1.29 is 4.74 Å². The SMILES string of the molecule is COc1ccc(Cl)cc1-c1nn(-c2ccc(I)cc2)c2c1CCN2. The van der Waals surface area contributed by atoms with Gasteiger partial charge in [-0.05, 0) is 71.5 Å². The van der Waals surface area contributed by atoms with Crippen molar-refractivity contribution in [2.75, 3.05) is 19.0 Å². The normalized spacial score (nSPS) is 12.8. The second-order valence-electron chi connectivity index (χ2n) is 5.59. The summed E-state index contributed by atoms with van der Waals surface area (Å²) in [5.41, 5.74) is 4.09. The first-order chi connectivity index (χ1) is 11.7. The lowest BCUT2D eigenvalue weighted by atomic mass is 10.1. The van der Waals surface area contributed by atoms with Crippen LogP contribution in [0.15, 0.2) is 42.5 Å². The fourth-order valence-corrected chi connectivity index (χ4v) is 3.56. The number of halogens is 2. The van der Waals surface area contributed by atoms with Crippen LogP contribution in [-0.4, -0.2) is 23.4 Å². The van der Waals surface area contributed by atoms with Crippen molar-refractivity contribution in [3.8, 4) is 22.7 Å². The molecule has 0 saturated heterocycles. The largest absolute Gasteiger partial charge is 0.496 e. The van der Waals surface area contributed by atoms with Crippen LogP contribution in [0.4, 0.5) is 5.82 Å². The molecule has 4 rings (SSSR count). The average Bonchev–Trinajstić information content (AvgIpc) is 3.18. The lowest BCUT2D eigenvalue weighted by molar-refractivity contribution is 0.416. The molecule has 1 aliphatic heterocycles. The maximum atomic E-state index is 6.21. The maximum absolute atomic E-state index is 6.21. The highest BCUT2D eigenvalue weighted by Gasteiger charge is 2.25. The molecule has 3 aromatic rings.